The lowest BCUT2D eigenvalue weighted by Crippen LogP contribution is -2.38. The fourth-order valence-electron chi connectivity index (χ4n) is 5.14. The van der Waals surface area contributed by atoms with Gasteiger partial charge in [-0.1, -0.05) is 12.1 Å². The summed E-state index contributed by atoms with van der Waals surface area (Å²) in [6, 6.07) is 9.89. The Balaban J connectivity index is 2.07. The zero-order valence-electron chi connectivity index (χ0n) is 20.3. The third kappa shape index (κ3) is 3.45. The van der Waals surface area contributed by atoms with Gasteiger partial charge in [0.25, 0.3) is 0 Å². The molecule has 0 radical (unpaired) electrons. The lowest BCUT2D eigenvalue weighted by molar-refractivity contribution is 0.0527. The van der Waals surface area contributed by atoms with E-state index in [0.29, 0.717) is 35.8 Å². The van der Waals surface area contributed by atoms with Crippen molar-refractivity contribution in [3.63, 3.8) is 0 Å². The number of carbonyl (C=O) groups is 1. The molecule has 1 atom stereocenters. The number of nitrogens with zero attached hydrogens (tertiary/aromatic N) is 1. The van der Waals surface area contributed by atoms with E-state index in [1.807, 2.05) is 51.1 Å². The number of phenolic OH excluding ortho intramolecular Hbond substituents is 1. The second kappa shape index (κ2) is 8.18. The highest BCUT2D eigenvalue weighted by molar-refractivity contribution is 5.98. The number of fused-ring (bicyclic) bond motifs is 3. The fourth-order valence-corrected chi connectivity index (χ4v) is 5.14. The number of esters is 1. The molecular formula is C27H31NO5. The summed E-state index contributed by atoms with van der Waals surface area (Å²) in [6.07, 6.45) is 0.678. The van der Waals surface area contributed by atoms with Crippen molar-refractivity contribution in [1.29, 1.82) is 0 Å². The molecule has 0 bridgehead atoms. The maximum atomic E-state index is 13.0. The lowest BCUT2D eigenvalue weighted by Gasteiger charge is -2.40. The summed E-state index contributed by atoms with van der Waals surface area (Å²) in [5.74, 6) is 1.21. The third-order valence-corrected chi connectivity index (χ3v) is 6.69. The number of hydrogen-bond acceptors (Lipinski definition) is 5. The first-order chi connectivity index (χ1) is 15.7. The minimum absolute atomic E-state index is 0.301. The topological polar surface area (TPSA) is 69.9 Å². The van der Waals surface area contributed by atoms with Crippen LogP contribution in [-0.2, 0) is 16.7 Å². The number of methoxy groups -OCH3 is 2. The molecule has 1 N–H and O–H groups in total. The molecule has 2 heterocycles. The maximum Gasteiger partial charge on any atom is 0.340 e. The van der Waals surface area contributed by atoms with Crippen molar-refractivity contribution in [2.45, 2.75) is 46.6 Å². The Morgan fingerprint density at radius 2 is 1.64 bits per heavy atom. The van der Waals surface area contributed by atoms with Crippen LogP contribution in [0.1, 0.15) is 52.2 Å². The van der Waals surface area contributed by atoms with E-state index in [2.05, 4.69) is 11.5 Å². The van der Waals surface area contributed by atoms with Gasteiger partial charge in [0, 0.05) is 17.7 Å². The van der Waals surface area contributed by atoms with E-state index in [0.717, 1.165) is 39.2 Å². The number of hydrogen-bond donors (Lipinski definition) is 1. The molecule has 1 aromatic heterocycles. The summed E-state index contributed by atoms with van der Waals surface area (Å²) in [7, 11) is 3.23. The monoisotopic (exact) mass is 449 g/mol. The van der Waals surface area contributed by atoms with Crippen molar-refractivity contribution in [1.82, 2.24) is 4.57 Å². The Hall–Kier alpha value is -3.41. The molecule has 0 saturated heterocycles. The van der Waals surface area contributed by atoms with Gasteiger partial charge in [-0.3, -0.25) is 0 Å². The van der Waals surface area contributed by atoms with Crippen LogP contribution in [0.4, 0.5) is 0 Å². The largest absolute Gasteiger partial charge is 0.507 e. The molecule has 0 aliphatic carbocycles. The maximum absolute atomic E-state index is 13.0. The number of rotatable bonds is 5. The minimum Gasteiger partial charge on any atom is -0.507 e. The van der Waals surface area contributed by atoms with Crippen LogP contribution in [0, 0.1) is 20.8 Å². The van der Waals surface area contributed by atoms with Crippen molar-refractivity contribution < 1.29 is 24.1 Å². The Morgan fingerprint density at radius 3 is 2.21 bits per heavy atom. The first-order valence-corrected chi connectivity index (χ1v) is 11.1. The molecule has 4 rings (SSSR count). The van der Waals surface area contributed by atoms with Gasteiger partial charge in [-0.2, -0.15) is 0 Å². The van der Waals surface area contributed by atoms with Crippen LogP contribution >= 0.6 is 0 Å². The molecule has 1 unspecified atom stereocenters. The summed E-state index contributed by atoms with van der Waals surface area (Å²) >= 11 is 0. The number of benzene rings is 2. The van der Waals surface area contributed by atoms with Crippen molar-refractivity contribution in [2.75, 3.05) is 20.8 Å². The van der Waals surface area contributed by atoms with E-state index in [1.54, 1.807) is 21.1 Å². The zero-order chi connectivity index (χ0) is 24.1. The van der Waals surface area contributed by atoms with Crippen molar-refractivity contribution in [2.24, 2.45) is 0 Å². The molecule has 33 heavy (non-hydrogen) atoms. The second-order valence-corrected chi connectivity index (χ2v) is 8.88. The summed E-state index contributed by atoms with van der Waals surface area (Å²) in [5, 5.41) is 10.4. The average Bonchev–Trinajstić information content (AvgIpc) is 3.15. The van der Waals surface area contributed by atoms with Crippen LogP contribution in [0.2, 0.25) is 0 Å². The van der Waals surface area contributed by atoms with E-state index in [1.165, 1.54) is 0 Å². The van der Waals surface area contributed by atoms with Gasteiger partial charge in [0.1, 0.15) is 5.75 Å². The smallest absolute Gasteiger partial charge is 0.340 e. The summed E-state index contributed by atoms with van der Waals surface area (Å²) < 4.78 is 18.8. The van der Waals surface area contributed by atoms with Crippen molar-refractivity contribution in [3.8, 4) is 28.5 Å². The molecule has 6 heteroatoms. The van der Waals surface area contributed by atoms with Gasteiger partial charge in [-0.25, -0.2) is 4.79 Å². The Bertz CT molecular complexity index is 1230. The van der Waals surface area contributed by atoms with Gasteiger partial charge in [-0.15, -0.1) is 0 Å². The van der Waals surface area contributed by atoms with Crippen LogP contribution in [-0.4, -0.2) is 36.5 Å². The summed E-state index contributed by atoms with van der Waals surface area (Å²) in [4.78, 5) is 13.0. The molecule has 3 aromatic rings. The standard InChI is InChI=1S/C27H31NO5/c1-8-33-26(30)21-11-17(4)28-24(21)20-13-23(32-7)22(31-6)12-18(20)14-27(28,5)19-9-15(2)25(29)16(3)10-19/h9-13,29H,8,14H2,1-7H3. The fraction of sp³-hybridized carbons (Fsp3) is 0.370. The molecule has 0 spiro atoms. The molecular weight excluding hydrogens is 418 g/mol. The molecule has 1 aliphatic heterocycles. The first-order valence-electron chi connectivity index (χ1n) is 11.1. The highest BCUT2D eigenvalue weighted by atomic mass is 16.5. The Labute approximate surface area is 194 Å². The predicted octanol–water partition coefficient (Wildman–Crippen LogP) is 5.30. The molecule has 0 amide bonds. The van der Waals surface area contributed by atoms with Gasteiger partial charge in [0.2, 0.25) is 0 Å². The quantitative estimate of drug-likeness (QED) is 0.535. The van der Waals surface area contributed by atoms with Gasteiger partial charge in [0.15, 0.2) is 11.5 Å². The average molecular weight is 450 g/mol. The van der Waals surface area contributed by atoms with E-state index in [-0.39, 0.29) is 5.97 Å². The van der Waals surface area contributed by atoms with E-state index < -0.39 is 5.54 Å². The van der Waals surface area contributed by atoms with Crippen molar-refractivity contribution >= 4 is 5.97 Å². The Morgan fingerprint density at radius 1 is 1.03 bits per heavy atom. The molecule has 0 fully saturated rings. The van der Waals surface area contributed by atoms with Crippen LogP contribution in [0.25, 0.3) is 11.3 Å². The number of carbonyl (C=O) groups excluding carboxylic acids is 1. The Kier molecular flexibility index (Phi) is 5.64. The van der Waals surface area contributed by atoms with Crippen molar-refractivity contribution in [3.05, 3.63) is 63.8 Å². The van der Waals surface area contributed by atoms with Gasteiger partial charge in [-0.05, 0) is 75.1 Å². The number of aromatic nitrogens is 1. The van der Waals surface area contributed by atoms with E-state index in [4.69, 9.17) is 14.2 Å². The summed E-state index contributed by atoms with van der Waals surface area (Å²) in [5.41, 5.74) is 6.47. The number of aryl methyl sites for hydroxylation is 3. The third-order valence-electron chi connectivity index (χ3n) is 6.69. The van der Waals surface area contributed by atoms with Gasteiger partial charge < -0.3 is 23.9 Å². The number of phenols is 1. The molecule has 2 aromatic carbocycles. The first kappa shape index (κ1) is 22.8. The molecule has 1 aliphatic rings. The van der Waals surface area contributed by atoms with Crippen LogP contribution in [0.5, 0.6) is 17.2 Å². The highest BCUT2D eigenvalue weighted by Crippen LogP contribution is 2.48. The van der Waals surface area contributed by atoms with Crippen LogP contribution in [0.3, 0.4) is 0 Å². The molecule has 0 saturated carbocycles. The predicted molar refractivity (Wildman–Crippen MR) is 128 cm³/mol. The number of ether oxygens (including phenoxy) is 3. The zero-order valence-corrected chi connectivity index (χ0v) is 20.3. The van der Waals surface area contributed by atoms with Gasteiger partial charge >= 0.3 is 5.97 Å². The van der Waals surface area contributed by atoms with E-state index >= 15 is 0 Å². The van der Waals surface area contributed by atoms with Crippen LogP contribution in [0.15, 0.2) is 30.3 Å². The normalized spacial score (nSPS) is 16.7. The summed E-state index contributed by atoms with van der Waals surface area (Å²) in [6.45, 7) is 10.1. The van der Waals surface area contributed by atoms with Crippen LogP contribution < -0.4 is 9.47 Å². The minimum atomic E-state index is -0.500. The lowest BCUT2D eigenvalue weighted by atomic mass is 9.78. The molecule has 174 valence electrons. The molecule has 6 nitrogen and oxygen atoms in total. The second-order valence-electron chi connectivity index (χ2n) is 8.88. The van der Waals surface area contributed by atoms with Gasteiger partial charge in [0.05, 0.1) is 37.6 Å². The number of aromatic hydroxyl groups is 1. The SMILES string of the molecule is CCOC(=O)c1cc(C)n2c1-c1cc(OC)c(OC)cc1CC2(C)c1cc(C)c(O)c(C)c1. The van der Waals surface area contributed by atoms with E-state index in [9.17, 15) is 9.90 Å². The highest BCUT2D eigenvalue weighted by Gasteiger charge is 2.40.